The lowest BCUT2D eigenvalue weighted by molar-refractivity contribution is -0.137. The van der Waals surface area contributed by atoms with Crippen LogP contribution in [0.5, 0.6) is 0 Å². The number of benzene rings is 2. The van der Waals surface area contributed by atoms with Crippen molar-refractivity contribution in [1.82, 2.24) is 14.5 Å². The normalized spacial score (nSPS) is 11.7. The van der Waals surface area contributed by atoms with Crippen molar-refractivity contribution >= 4 is 46.0 Å². The topological polar surface area (TPSA) is 59.8 Å². The van der Waals surface area contributed by atoms with Gasteiger partial charge in [0.1, 0.15) is 12.4 Å². The largest absolute Gasteiger partial charge is 0.416 e. The number of aromatic nitrogens is 3. The Bertz CT molecular complexity index is 1330. The van der Waals surface area contributed by atoms with E-state index in [1.165, 1.54) is 36.2 Å². The minimum absolute atomic E-state index is 0.0230. The fourth-order valence-electron chi connectivity index (χ4n) is 3.12. The second kappa shape index (κ2) is 9.40. The average molecular weight is 495 g/mol. The number of imidazole rings is 1. The lowest BCUT2D eigenvalue weighted by atomic mass is 10.1. The highest BCUT2D eigenvalue weighted by atomic mass is 35.5. The predicted molar refractivity (Wildman–Crippen MR) is 119 cm³/mol. The van der Waals surface area contributed by atoms with Gasteiger partial charge in [0.2, 0.25) is 5.91 Å². The molecular formula is C22H15ClF4N4OS. The van der Waals surface area contributed by atoms with Crippen LogP contribution in [-0.4, -0.2) is 20.4 Å². The molecule has 170 valence electrons. The van der Waals surface area contributed by atoms with Crippen LogP contribution in [0.25, 0.3) is 11.0 Å². The number of anilines is 1. The fraction of sp³-hybridized carbons (Fsp3) is 0.136. The molecule has 0 radical (unpaired) electrons. The second-order valence-electron chi connectivity index (χ2n) is 7.00. The Morgan fingerprint density at radius 2 is 1.97 bits per heavy atom. The van der Waals surface area contributed by atoms with Gasteiger partial charge in [0.05, 0.1) is 28.5 Å². The number of halogens is 5. The number of nitrogens with one attached hydrogen (secondary N) is 1. The predicted octanol–water partition coefficient (Wildman–Crippen LogP) is 6.17. The fourth-order valence-corrected chi connectivity index (χ4v) is 4.24. The number of hydrogen-bond donors (Lipinski definition) is 1. The van der Waals surface area contributed by atoms with Crippen LogP contribution in [0.3, 0.4) is 0 Å². The summed E-state index contributed by atoms with van der Waals surface area (Å²) in [5.74, 6) is -0.985. The van der Waals surface area contributed by atoms with Crippen molar-refractivity contribution < 1.29 is 22.4 Å². The summed E-state index contributed by atoms with van der Waals surface area (Å²) in [6, 6.07) is 10.6. The van der Waals surface area contributed by atoms with Crippen LogP contribution in [0.4, 0.5) is 23.2 Å². The Labute approximate surface area is 194 Å². The summed E-state index contributed by atoms with van der Waals surface area (Å²) < 4.78 is 54.6. The van der Waals surface area contributed by atoms with E-state index in [2.05, 4.69) is 15.3 Å². The summed E-state index contributed by atoms with van der Waals surface area (Å²) in [7, 11) is 0. The molecule has 2 heterocycles. The summed E-state index contributed by atoms with van der Waals surface area (Å²) >= 11 is 6.92. The van der Waals surface area contributed by atoms with Gasteiger partial charge in [-0.3, -0.25) is 9.78 Å². The molecule has 2 aromatic carbocycles. The summed E-state index contributed by atoms with van der Waals surface area (Å²) in [6.45, 7) is -0.199. The number of hydrogen-bond acceptors (Lipinski definition) is 4. The van der Waals surface area contributed by atoms with E-state index >= 15 is 0 Å². The Balaban J connectivity index is 1.56. The molecule has 1 N–H and O–H groups in total. The van der Waals surface area contributed by atoms with Gasteiger partial charge in [-0.1, -0.05) is 41.6 Å². The molecule has 0 bridgehead atoms. The number of carbonyl (C=O) groups excluding carboxylic acids is 1. The van der Waals surface area contributed by atoms with Crippen molar-refractivity contribution in [3.8, 4) is 0 Å². The third kappa shape index (κ3) is 5.45. The molecule has 0 atom stereocenters. The Kier molecular flexibility index (Phi) is 6.57. The van der Waals surface area contributed by atoms with Crippen LogP contribution in [0.1, 0.15) is 11.1 Å². The summed E-state index contributed by atoms with van der Waals surface area (Å²) in [5.41, 5.74) is 0.838. The number of thioether (sulfide) groups is 1. The summed E-state index contributed by atoms with van der Waals surface area (Å²) in [4.78, 5) is 21.2. The minimum Gasteiger partial charge on any atom is -0.322 e. The van der Waals surface area contributed by atoms with Gasteiger partial charge in [-0.25, -0.2) is 9.37 Å². The van der Waals surface area contributed by atoms with Gasteiger partial charge in [-0.05, 0) is 35.9 Å². The van der Waals surface area contributed by atoms with Gasteiger partial charge < -0.3 is 9.88 Å². The quantitative estimate of drug-likeness (QED) is 0.257. The van der Waals surface area contributed by atoms with E-state index in [9.17, 15) is 22.4 Å². The van der Waals surface area contributed by atoms with E-state index in [0.717, 1.165) is 18.2 Å². The Hall–Kier alpha value is -3.11. The maximum absolute atomic E-state index is 14.0. The van der Waals surface area contributed by atoms with Gasteiger partial charge in [0.15, 0.2) is 5.16 Å². The number of carbonyl (C=O) groups is 1. The zero-order valence-corrected chi connectivity index (χ0v) is 18.3. The molecule has 0 aliphatic carbocycles. The van der Waals surface area contributed by atoms with Gasteiger partial charge in [-0.15, -0.1) is 0 Å². The highest BCUT2D eigenvalue weighted by Crippen LogP contribution is 2.32. The first-order valence-electron chi connectivity index (χ1n) is 9.55. The number of amides is 1. The van der Waals surface area contributed by atoms with Crippen molar-refractivity contribution in [2.75, 3.05) is 5.32 Å². The van der Waals surface area contributed by atoms with Gasteiger partial charge in [0.25, 0.3) is 0 Å². The number of alkyl halides is 3. The molecule has 0 aliphatic heterocycles. The zero-order chi connectivity index (χ0) is 23.6. The monoisotopic (exact) mass is 494 g/mol. The van der Waals surface area contributed by atoms with Crippen LogP contribution in [0.2, 0.25) is 5.02 Å². The van der Waals surface area contributed by atoms with E-state index in [1.807, 2.05) is 0 Å². The third-order valence-corrected chi connectivity index (χ3v) is 5.93. The van der Waals surface area contributed by atoms with Crippen molar-refractivity contribution in [3.63, 3.8) is 0 Å². The molecule has 5 nitrogen and oxygen atoms in total. The minimum atomic E-state index is -4.44. The first-order valence-corrected chi connectivity index (χ1v) is 10.9. The SMILES string of the molecule is O=C(Cn1c(SCc2cccc(C(F)(F)F)c2)nc2ccncc21)Nc1ccc(Cl)cc1F. The van der Waals surface area contributed by atoms with Crippen LogP contribution in [0.15, 0.2) is 66.1 Å². The molecule has 1 amide bonds. The van der Waals surface area contributed by atoms with Crippen LogP contribution in [0, 0.1) is 5.82 Å². The maximum atomic E-state index is 14.0. The van der Waals surface area contributed by atoms with E-state index < -0.39 is 23.5 Å². The first kappa shape index (κ1) is 23.1. The van der Waals surface area contributed by atoms with Crippen LogP contribution < -0.4 is 5.32 Å². The van der Waals surface area contributed by atoms with Crippen molar-refractivity contribution in [2.45, 2.75) is 23.6 Å². The van der Waals surface area contributed by atoms with E-state index in [0.29, 0.717) is 21.8 Å². The average Bonchev–Trinajstić information content (AvgIpc) is 3.11. The molecule has 2 aromatic heterocycles. The molecule has 0 aliphatic rings. The highest BCUT2D eigenvalue weighted by Gasteiger charge is 2.30. The smallest absolute Gasteiger partial charge is 0.322 e. The second-order valence-corrected chi connectivity index (χ2v) is 8.38. The lowest BCUT2D eigenvalue weighted by Crippen LogP contribution is -2.20. The molecule has 0 fully saturated rings. The summed E-state index contributed by atoms with van der Waals surface area (Å²) in [6.07, 6.45) is -1.36. The molecule has 11 heteroatoms. The van der Waals surface area contributed by atoms with Crippen molar-refractivity contribution in [2.24, 2.45) is 0 Å². The molecule has 0 saturated carbocycles. The zero-order valence-electron chi connectivity index (χ0n) is 16.7. The first-order chi connectivity index (χ1) is 15.7. The van der Waals surface area contributed by atoms with E-state index in [4.69, 9.17) is 11.6 Å². The number of rotatable bonds is 6. The maximum Gasteiger partial charge on any atom is 0.416 e. The number of pyridine rings is 1. The van der Waals surface area contributed by atoms with Crippen molar-refractivity contribution in [1.29, 1.82) is 0 Å². The molecule has 0 spiro atoms. The molecule has 4 rings (SSSR count). The Morgan fingerprint density at radius 1 is 1.15 bits per heavy atom. The van der Waals surface area contributed by atoms with Gasteiger partial charge in [-0.2, -0.15) is 13.2 Å². The molecule has 0 unspecified atom stereocenters. The van der Waals surface area contributed by atoms with Gasteiger partial charge >= 0.3 is 6.18 Å². The van der Waals surface area contributed by atoms with Crippen LogP contribution in [-0.2, 0) is 23.3 Å². The Morgan fingerprint density at radius 3 is 2.73 bits per heavy atom. The van der Waals surface area contributed by atoms with Gasteiger partial charge in [0, 0.05) is 17.0 Å². The molecular weight excluding hydrogens is 480 g/mol. The lowest BCUT2D eigenvalue weighted by Gasteiger charge is -2.11. The van der Waals surface area contributed by atoms with Crippen LogP contribution >= 0.6 is 23.4 Å². The molecule has 4 aromatic rings. The van der Waals surface area contributed by atoms with E-state index in [-0.39, 0.29) is 23.0 Å². The summed E-state index contributed by atoms with van der Waals surface area (Å²) in [5, 5.41) is 3.11. The highest BCUT2D eigenvalue weighted by molar-refractivity contribution is 7.98. The third-order valence-electron chi connectivity index (χ3n) is 4.64. The van der Waals surface area contributed by atoms with Crippen molar-refractivity contribution in [3.05, 3.63) is 82.9 Å². The molecule has 33 heavy (non-hydrogen) atoms. The standard InChI is InChI=1S/C22H15ClF4N4OS/c23-15-4-5-17(16(24)9-15)29-20(32)11-31-19-10-28-7-6-18(19)30-21(31)33-12-13-2-1-3-14(8-13)22(25,26)27/h1-10H,11-12H2,(H,29,32). The number of fused-ring (bicyclic) bond motifs is 1. The number of nitrogens with zero attached hydrogens (tertiary/aromatic N) is 3. The molecule has 0 saturated heterocycles. The van der Waals surface area contributed by atoms with E-state index in [1.54, 1.807) is 22.9 Å².